The average molecular weight is 199 g/mol. The maximum atomic E-state index is 12.3. The van der Waals surface area contributed by atoms with Gasteiger partial charge in [-0.2, -0.15) is 8.78 Å². The van der Waals surface area contributed by atoms with Crippen molar-refractivity contribution < 1.29 is 13.5 Å². The zero-order valence-corrected chi connectivity index (χ0v) is 7.76. The van der Waals surface area contributed by atoms with Crippen LogP contribution in [0.2, 0.25) is 0 Å². The SMILES string of the molecule is COc1ccc(C(CN)=C(F)F)cc1. The van der Waals surface area contributed by atoms with Crippen molar-refractivity contribution in [3.8, 4) is 5.75 Å². The fourth-order valence-electron chi connectivity index (χ4n) is 1.10. The van der Waals surface area contributed by atoms with Gasteiger partial charge < -0.3 is 10.5 Å². The molecule has 14 heavy (non-hydrogen) atoms. The molecule has 0 saturated heterocycles. The van der Waals surface area contributed by atoms with E-state index in [0.29, 0.717) is 11.3 Å². The maximum absolute atomic E-state index is 12.3. The summed E-state index contributed by atoms with van der Waals surface area (Å²) in [5.74, 6) is 0.629. The normalized spacial score (nSPS) is 9.71. The van der Waals surface area contributed by atoms with Gasteiger partial charge >= 0.3 is 0 Å². The van der Waals surface area contributed by atoms with Crippen LogP contribution in [0.15, 0.2) is 30.3 Å². The fourth-order valence-corrected chi connectivity index (χ4v) is 1.10. The van der Waals surface area contributed by atoms with Gasteiger partial charge in [-0.1, -0.05) is 12.1 Å². The van der Waals surface area contributed by atoms with Gasteiger partial charge in [-0.25, -0.2) is 0 Å². The minimum Gasteiger partial charge on any atom is -0.497 e. The van der Waals surface area contributed by atoms with E-state index in [-0.39, 0.29) is 12.1 Å². The maximum Gasteiger partial charge on any atom is 0.275 e. The summed E-state index contributed by atoms with van der Waals surface area (Å²) >= 11 is 0. The lowest BCUT2D eigenvalue weighted by atomic mass is 10.1. The standard InChI is InChI=1S/C10H11F2NO/c1-14-8-4-2-7(3-5-8)9(6-13)10(11)12/h2-5H,6,13H2,1H3. The molecule has 0 bridgehead atoms. The van der Waals surface area contributed by atoms with Crippen molar-refractivity contribution in [3.05, 3.63) is 35.9 Å². The Morgan fingerprint density at radius 1 is 1.29 bits per heavy atom. The summed E-state index contributed by atoms with van der Waals surface area (Å²) in [4.78, 5) is 0. The summed E-state index contributed by atoms with van der Waals surface area (Å²) < 4.78 is 29.6. The molecule has 0 aliphatic rings. The van der Waals surface area contributed by atoms with Crippen molar-refractivity contribution in [3.63, 3.8) is 0 Å². The van der Waals surface area contributed by atoms with Gasteiger partial charge in [0.15, 0.2) is 0 Å². The summed E-state index contributed by atoms with van der Waals surface area (Å²) in [6.07, 6.45) is -1.74. The van der Waals surface area contributed by atoms with Gasteiger partial charge in [-0.3, -0.25) is 0 Å². The van der Waals surface area contributed by atoms with Gasteiger partial charge in [0, 0.05) is 12.1 Å². The summed E-state index contributed by atoms with van der Waals surface area (Å²) in [6, 6.07) is 6.35. The molecule has 0 unspecified atom stereocenters. The van der Waals surface area contributed by atoms with Gasteiger partial charge in [-0.15, -0.1) is 0 Å². The van der Waals surface area contributed by atoms with Crippen LogP contribution in [0.3, 0.4) is 0 Å². The van der Waals surface area contributed by atoms with E-state index >= 15 is 0 Å². The lowest BCUT2D eigenvalue weighted by molar-refractivity contribution is 0.414. The molecule has 0 aromatic heterocycles. The first-order chi connectivity index (χ1) is 6.69. The van der Waals surface area contributed by atoms with Gasteiger partial charge in [0.25, 0.3) is 6.08 Å². The second-order valence-corrected chi connectivity index (χ2v) is 2.67. The molecule has 0 aliphatic carbocycles. The smallest absolute Gasteiger partial charge is 0.275 e. The summed E-state index contributed by atoms with van der Waals surface area (Å²) in [5.41, 5.74) is 5.50. The van der Waals surface area contributed by atoms with Crippen LogP contribution in [-0.4, -0.2) is 13.7 Å². The highest BCUT2D eigenvalue weighted by molar-refractivity contribution is 5.67. The first-order valence-corrected chi connectivity index (χ1v) is 4.07. The highest BCUT2D eigenvalue weighted by Crippen LogP contribution is 2.21. The predicted octanol–water partition coefficient (Wildman–Crippen LogP) is 2.26. The lowest BCUT2D eigenvalue weighted by Gasteiger charge is -2.04. The van der Waals surface area contributed by atoms with Crippen LogP contribution in [0.4, 0.5) is 8.78 Å². The molecule has 1 rings (SSSR count). The Kier molecular flexibility index (Phi) is 3.59. The van der Waals surface area contributed by atoms with E-state index in [4.69, 9.17) is 10.5 Å². The number of rotatable bonds is 3. The predicted molar refractivity (Wildman–Crippen MR) is 51.2 cm³/mol. The zero-order valence-electron chi connectivity index (χ0n) is 7.76. The van der Waals surface area contributed by atoms with E-state index in [1.165, 1.54) is 7.11 Å². The second-order valence-electron chi connectivity index (χ2n) is 2.67. The number of nitrogens with two attached hydrogens (primary N) is 1. The van der Waals surface area contributed by atoms with Crippen LogP contribution < -0.4 is 10.5 Å². The number of hydrogen-bond acceptors (Lipinski definition) is 2. The van der Waals surface area contributed by atoms with Crippen molar-refractivity contribution >= 4 is 5.57 Å². The van der Waals surface area contributed by atoms with E-state index < -0.39 is 6.08 Å². The Labute approximate surface area is 81.0 Å². The highest BCUT2D eigenvalue weighted by atomic mass is 19.3. The Hall–Kier alpha value is -1.42. The molecule has 0 fully saturated rings. The Balaban J connectivity index is 3.02. The average Bonchev–Trinajstić information content (AvgIpc) is 2.19. The molecule has 1 aromatic rings. The third-order valence-electron chi connectivity index (χ3n) is 1.87. The summed E-state index contributed by atoms with van der Waals surface area (Å²) in [6.45, 7) is -0.172. The van der Waals surface area contributed by atoms with E-state index in [2.05, 4.69) is 0 Å². The largest absolute Gasteiger partial charge is 0.497 e. The molecule has 76 valence electrons. The number of ether oxygens (including phenoxy) is 1. The van der Waals surface area contributed by atoms with E-state index in [1.54, 1.807) is 24.3 Å². The van der Waals surface area contributed by atoms with Crippen LogP contribution in [-0.2, 0) is 0 Å². The Morgan fingerprint density at radius 2 is 1.86 bits per heavy atom. The molecule has 0 amide bonds. The van der Waals surface area contributed by atoms with Crippen molar-refractivity contribution in [2.24, 2.45) is 5.73 Å². The monoisotopic (exact) mass is 199 g/mol. The van der Waals surface area contributed by atoms with E-state index in [0.717, 1.165) is 0 Å². The number of halogens is 2. The first kappa shape index (κ1) is 10.7. The third-order valence-corrected chi connectivity index (χ3v) is 1.87. The van der Waals surface area contributed by atoms with Crippen LogP contribution in [0.25, 0.3) is 5.57 Å². The second kappa shape index (κ2) is 4.72. The fraction of sp³-hybridized carbons (Fsp3) is 0.200. The van der Waals surface area contributed by atoms with Crippen molar-refractivity contribution in [1.29, 1.82) is 0 Å². The zero-order chi connectivity index (χ0) is 10.6. The highest BCUT2D eigenvalue weighted by Gasteiger charge is 2.06. The van der Waals surface area contributed by atoms with E-state index in [1.807, 2.05) is 0 Å². The number of hydrogen-bond donors (Lipinski definition) is 1. The minimum atomic E-state index is -1.74. The van der Waals surface area contributed by atoms with Crippen LogP contribution in [0.5, 0.6) is 5.75 Å². The van der Waals surface area contributed by atoms with Crippen LogP contribution >= 0.6 is 0 Å². The third kappa shape index (κ3) is 2.29. The van der Waals surface area contributed by atoms with Crippen molar-refractivity contribution in [2.45, 2.75) is 0 Å². The quantitative estimate of drug-likeness (QED) is 0.810. The van der Waals surface area contributed by atoms with Crippen LogP contribution in [0.1, 0.15) is 5.56 Å². The van der Waals surface area contributed by atoms with Gasteiger partial charge in [0.1, 0.15) is 5.75 Å². The molecule has 0 saturated carbocycles. The molecule has 0 atom stereocenters. The first-order valence-electron chi connectivity index (χ1n) is 4.07. The van der Waals surface area contributed by atoms with E-state index in [9.17, 15) is 8.78 Å². The number of methoxy groups -OCH3 is 1. The lowest BCUT2D eigenvalue weighted by Crippen LogP contribution is -2.03. The van der Waals surface area contributed by atoms with Gasteiger partial charge in [0.2, 0.25) is 0 Å². The molecular formula is C10H11F2NO. The minimum absolute atomic E-state index is 0.132. The summed E-state index contributed by atoms with van der Waals surface area (Å²) in [5, 5.41) is 0. The molecule has 0 aliphatic heterocycles. The molecule has 0 spiro atoms. The molecule has 0 radical (unpaired) electrons. The van der Waals surface area contributed by atoms with Crippen molar-refractivity contribution in [2.75, 3.05) is 13.7 Å². The Bertz CT molecular complexity index is 328. The molecule has 4 heteroatoms. The Morgan fingerprint density at radius 3 is 2.21 bits per heavy atom. The molecule has 0 heterocycles. The summed E-state index contributed by atoms with van der Waals surface area (Å²) in [7, 11) is 1.52. The van der Waals surface area contributed by atoms with Crippen molar-refractivity contribution in [1.82, 2.24) is 0 Å². The van der Waals surface area contributed by atoms with Gasteiger partial charge in [-0.05, 0) is 17.7 Å². The molecule has 2 N–H and O–H groups in total. The molecule has 1 aromatic carbocycles. The number of benzene rings is 1. The van der Waals surface area contributed by atoms with Gasteiger partial charge in [0.05, 0.1) is 7.11 Å². The molecular weight excluding hydrogens is 188 g/mol. The van der Waals surface area contributed by atoms with Crippen LogP contribution in [0, 0.1) is 0 Å². The molecule has 2 nitrogen and oxygen atoms in total. The topological polar surface area (TPSA) is 35.2 Å².